The first-order valence-electron chi connectivity index (χ1n) is 7.60. The predicted octanol–water partition coefficient (Wildman–Crippen LogP) is 4.28. The fraction of sp³-hybridized carbons (Fsp3) is 0.158. The summed E-state index contributed by atoms with van der Waals surface area (Å²) in [5.74, 6) is 0.247. The Balaban J connectivity index is 1.69. The quantitative estimate of drug-likeness (QED) is 0.779. The van der Waals surface area contributed by atoms with Gasteiger partial charge in [-0.2, -0.15) is 0 Å². The van der Waals surface area contributed by atoms with E-state index >= 15 is 0 Å². The number of aromatic nitrogens is 1. The lowest BCUT2D eigenvalue weighted by atomic mass is 10.1. The third-order valence-corrected chi connectivity index (χ3v) is 3.85. The van der Waals surface area contributed by atoms with Gasteiger partial charge in [-0.15, -0.1) is 0 Å². The first-order chi connectivity index (χ1) is 11.5. The second-order valence-electron chi connectivity index (χ2n) is 5.62. The Labute approximate surface area is 139 Å². The van der Waals surface area contributed by atoms with Crippen LogP contribution in [0, 0.1) is 19.7 Å². The molecule has 0 aliphatic rings. The van der Waals surface area contributed by atoms with E-state index in [2.05, 4.69) is 10.5 Å². The normalized spacial score (nSPS) is 10.6. The van der Waals surface area contributed by atoms with Crippen LogP contribution >= 0.6 is 0 Å². The van der Waals surface area contributed by atoms with Crippen molar-refractivity contribution in [3.8, 4) is 11.1 Å². The van der Waals surface area contributed by atoms with Gasteiger partial charge in [0.2, 0.25) is 5.91 Å². The summed E-state index contributed by atoms with van der Waals surface area (Å²) in [6.45, 7) is 3.60. The topological polar surface area (TPSA) is 55.1 Å². The van der Waals surface area contributed by atoms with Crippen LogP contribution in [-0.4, -0.2) is 11.1 Å². The van der Waals surface area contributed by atoms with Crippen molar-refractivity contribution in [1.82, 2.24) is 5.16 Å². The number of anilines is 1. The number of hydrogen-bond donors (Lipinski definition) is 1. The number of benzene rings is 2. The van der Waals surface area contributed by atoms with Crippen LogP contribution in [0.3, 0.4) is 0 Å². The number of carbonyl (C=O) groups is 1. The van der Waals surface area contributed by atoms with Crippen LogP contribution in [0.25, 0.3) is 11.1 Å². The lowest BCUT2D eigenvalue weighted by molar-refractivity contribution is -0.115. The molecule has 0 atom stereocenters. The van der Waals surface area contributed by atoms with Crippen molar-refractivity contribution in [2.75, 3.05) is 5.32 Å². The maximum Gasteiger partial charge on any atom is 0.228 e. The zero-order valence-corrected chi connectivity index (χ0v) is 13.5. The Morgan fingerprint density at radius 2 is 1.88 bits per heavy atom. The highest BCUT2D eigenvalue weighted by molar-refractivity contribution is 5.92. The van der Waals surface area contributed by atoms with Gasteiger partial charge in [-0.25, -0.2) is 4.39 Å². The van der Waals surface area contributed by atoms with Crippen LogP contribution < -0.4 is 5.32 Å². The molecular formula is C19H17FN2O2. The highest BCUT2D eigenvalue weighted by Gasteiger charge is 2.13. The highest BCUT2D eigenvalue weighted by Crippen LogP contribution is 2.22. The van der Waals surface area contributed by atoms with Crippen LogP contribution in [0.1, 0.15) is 17.0 Å². The minimum absolute atomic E-state index is 0.136. The van der Waals surface area contributed by atoms with Gasteiger partial charge < -0.3 is 9.84 Å². The second-order valence-corrected chi connectivity index (χ2v) is 5.62. The monoisotopic (exact) mass is 324 g/mol. The van der Waals surface area contributed by atoms with Crippen molar-refractivity contribution >= 4 is 11.6 Å². The minimum atomic E-state index is -0.274. The van der Waals surface area contributed by atoms with Gasteiger partial charge in [-0.1, -0.05) is 29.4 Å². The predicted molar refractivity (Wildman–Crippen MR) is 90.1 cm³/mol. The molecule has 0 bridgehead atoms. The zero-order chi connectivity index (χ0) is 17.1. The summed E-state index contributed by atoms with van der Waals surface area (Å²) in [5.41, 5.74) is 3.90. The number of rotatable bonds is 4. The second kappa shape index (κ2) is 6.66. The first kappa shape index (κ1) is 15.9. The van der Waals surface area contributed by atoms with Crippen LogP contribution in [0.5, 0.6) is 0 Å². The van der Waals surface area contributed by atoms with Crippen molar-refractivity contribution < 1.29 is 13.7 Å². The van der Waals surface area contributed by atoms with E-state index in [-0.39, 0.29) is 18.1 Å². The molecule has 0 unspecified atom stereocenters. The lowest BCUT2D eigenvalue weighted by Crippen LogP contribution is -2.15. The van der Waals surface area contributed by atoms with Gasteiger partial charge in [0.25, 0.3) is 0 Å². The number of amides is 1. The standard InChI is InChI=1S/C19H17FN2O2/c1-12-18(13(2)24-22-12)11-19(23)21-17-8-6-14(7-9-17)15-4-3-5-16(20)10-15/h3-10H,11H2,1-2H3,(H,21,23). The van der Waals surface area contributed by atoms with Gasteiger partial charge in [-0.3, -0.25) is 4.79 Å². The summed E-state index contributed by atoms with van der Waals surface area (Å²) >= 11 is 0. The fourth-order valence-electron chi connectivity index (χ4n) is 2.53. The summed E-state index contributed by atoms with van der Waals surface area (Å²) in [4.78, 5) is 12.2. The molecule has 24 heavy (non-hydrogen) atoms. The van der Waals surface area contributed by atoms with Crippen molar-refractivity contribution in [3.05, 3.63) is 71.4 Å². The average molecular weight is 324 g/mol. The molecule has 1 heterocycles. The Kier molecular flexibility index (Phi) is 4.42. The molecule has 0 aliphatic carbocycles. The Bertz CT molecular complexity index is 850. The third-order valence-electron chi connectivity index (χ3n) is 3.85. The van der Waals surface area contributed by atoms with Crippen molar-refractivity contribution in [1.29, 1.82) is 0 Å². The van der Waals surface area contributed by atoms with Gasteiger partial charge in [-0.05, 0) is 49.2 Å². The number of aryl methyl sites for hydroxylation is 2. The third kappa shape index (κ3) is 3.51. The molecule has 5 heteroatoms. The molecular weight excluding hydrogens is 307 g/mol. The smallest absolute Gasteiger partial charge is 0.228 e. The molecule has 1 amide bonds. The largest absolute Gasteiger partial charge is 0.361 e. The van der Waals surface area contributed by atoms with E-state index in [0.717, 1.165) is 22.4 Å². The van der Waals surface area contributed by atoms with E-state index in [1.165, 1.54) is 12.1 Å². The first-order valence-corrected chi connectivity index (χ1v) is 7.60. The zero-order valence-electron chi connectivity index (χ0n) is 13.5. The fourth-order valence-corrected chi connectivity index (χ4v) is 2.53. The Morgan fingerprint density at radius 3 is 2.50 bits per heavy atom. The molecule has 0 spiro atoms. The van der Waals surface area contributed by atoms with Crippen molar-refractivity contribution in [2.45, 2.75) is 20.3 Å². The van der Waals surface area contributed by atoms with E-state index in [1.807, 2.05) is 25.1 Å². The summed E-state index contributed by atoms with van der Waals surface area (Å²) in [7, 11) is 0. The molecule has 0 saturated heterocycles. The summed E-state index contributed by atoms with van der Waals surface area (Å²) in [5, 5.41) is 6.69. The maximum absolute atomic E-state index is 13.3. The molecule has 0 saturated carbocycles. The number of halogens is 1. The Morgan fingerprint density at radius 1 is 1.12 bits per heavy atom. The van der Waals surface area contributed by atoms with Gasteiger partial charge in [0.05, 0.1) is 12.1 Å². The SMILES string of the molecule is Cc1noc(C)c1CC(=O)Nc1ccc(-c2cccc(F)c2)cc1. The van der Waals surface area contributed by atoms with Crippen LogP contribution in [0.15, 0.2) is 53.1 Å². The minimum Gasteiger partial charge on any atom is -0.361 e. The van der Waals surface area contributed by atoms with Crippen LogP contribution in [0.2, 0.25) is 0 Å². The molecule has 2 aromatic carbocycles. The molecule has 1 N–H and O–H groups in total. The van der Waals surface area contributed by atoms with Gasteiger partial charge in [0, 0.05) is 11.3 Å². The average Bonchev–Trinajstić information content (AvgIpc) is 2.87. The lowest BCUT2D eigenvalue weighted by Gasteiger charge is -2.07. The molecule has 3 rings (SSSR count). The summed E-state index contributed by atoms with van der Waals surface area (Å²) in [6.07, 6.45) is 0.215. The molecule has 0 fully saturated rings. The molecule has 3 aromatic rings. The van der Waals surface area contributed by atoms with E-state index in [9.17, 15) is 9.18 Å². The summed E-state index contributed by atoms with van der Waals surface area (Å²) < 4.78 is 18.3. The number of nitrogens with one attached hydrogen (secondary N) is 1. The Hall–Kier alpha value is -2.95. The number of carbonyl (C=O) groups excluding carboxylic acids is 1. The van der Waals surface area contributed by atoms with E-state index < -0.39 is 0 Å². The van der Waals surface area contributed by atoms with Crippen LogP contribution in [0.4, 0.5) is 10.1 Å². The van der Waals surface area contributed by atoms with Crippen molar-refractivity contribution in [2.24, 2.45) is 0 Å². The van der Waals surface area contributed by atoms with Gasteiger partial charge in [0.15, 0.2) is 0 Å². The maximum atomic E-state index is 13.3. The number of nitrogens with zero attached hydrogens (tertiary/aromatic N) is 1. The molecule has 4 nitrogen and oxygen atoms in total. The van der Waals surface area contributed by atoms with Gasteiger partial charge >= 0.3 is 0 Å². The van der Waals surface area contributed by atoms with E-state index in [0.29, 0.717) is 11.4 Å². The number of hydrogen-bond acceptors (Lipinski definition) is 3. The molecule has 122 valence electrons. The molecule has 1 aromatic heterocycles. The van der Waals surface area contributed by atoms with E-state index in [4.69, 9.17) is 4.52 Å². The van der Waals surface area contributed by atoms with E-state index in [1.54, 1.807) is 25.1 Å². The van der Waals surface area contributed by atoms with Crippen LogP contribution in [-0.2, 0) is 11.2 Å². The highest BCUT2D eigenvalue weighted by atomic mass is 19.1. The molecule has 0 aliphatic heterocycles. The van der Waals surface area contributed by atoms with Crippen molar-refractivity contribution in [3.63, 3.8) is 0 Å². The van der Waals surface area contributed by atoms with Gasteiger partial charge in [0.1, 0.15) is 11.6 Å². The molecule has 0 radical (unpaired) electrons. The summed E-state index contributed by atoms with van der Waals surface area (Å²) in [6, 6.07) is 13.7.